The van der Waals surface area contributed by atoms with E-state index in [1.54, 1.807) is 6.07 Å². The first-order valence-corrected chi connectivity index (χ1v) is 10.8. The van der Waals surface area contributed by atoms with E-state index < -0.39 is 5.97 Å². The van der Waals surface area contributed by atoms with E-state index >= 15 is 0 Å². The highest BCUT2D eigenvalue weighted by atomic mass is 16.4. The molecule has 2 aromatic rings. The monoisotopic (exact) mass is 460 g/mol. The van der Waals surface area contributed by atoms with Gasteiger partial charge in [0.1, 0.15) is 12.3 Å². The zero-order chi connectivity index (χ0) is 22.4. The molecule has 1 heterocycles. The second kappa shape index (κ2) is 12.3. The molecule has 3 atom stereocenters. The fourth-order valence-corrected chi connectivity index (χ4v) is 4.53. The lowest BCUT2D eigenvalue weighted by Gasteiger charge is -2.45. The smallest absolute Gasteiger partial charge is 0.322 e. The van der Waals surface area contributed by atoms with E-state index in [1.165, 1.54) is 0 Å². The maximum atomic E-state index is 12.8. The summed E-state index contributed by atoms with van der Waals surface area (Å²) < 4.78 is 0. The Bertz CT molecular complexity index is 907. The van der Waals surface area contributed by atoms with Gasteiger partial charge in [0.15, 0.2) is 0 Å². The van der Waals surface area contributed by atoms with E-state index in [0.29, 0.717) is 18.9 Å². The molecule has 3 rings (SSSR count). The lowest BCUT2D eigenvalue weighted by Crippen LogP contribution is -2.50. The fourth-order valence-electron chi connectivity index (χ4n) is 4.53. The minimum atomic E-state index is -1.04. The fraction of sp³-hybridized carbons (Fsp3) is 0.440. The van der Waals surface area contributed by atoms with E-state index in [4.69, 9.17) is 5.11 Å². The topological polar surface area (TPSA) is 153 Å². The third kappa shape index (κ3) is 7.28. The summed E-state index contributed by atoms with van der Waals surface area (Å²) >= 11 is 0. The third-order valence-corrected chi connectivity index (χ3v) is 6.66. The molecule has 7 N–H and O–H groups in total. The Morgan fingerprint density at radius 1 is 1.15 bits per heavy atom. The zero-order valence-electron chi connectivity index (χ0n) is 19.3. The van der Waals surface area contributed by atoms with Gasteiger partial charge in [-0.3, -0.25) is 9.59 Å². The Morgan fingerprint density at radius 2 is 1.85 bits per heavy atom. The van der Waals surface area contributed by atoms with E-state index in [9.17, 15) is 14.7 Å². The number of nitrogens with zero attached hydrogens (tertiary/aromatic N) is 1. The van der Waals surface area contributed by atoms with Crippen LogP contribution in [0.15, 0.2) is 54.6 Å². The molecule has 1 amide bonds. The predicted octanol–water partition coefficient (Wildman–Crippen LogP) is 1.40. The summed E-state index contributed by atoms with van der Waals surface area (Å²) in [5, 5.41) is 21.4. The first-order valence-electron chi connectivity index (χ1n) is 10.8. The summed E-state index contributed by atoms with van der Waals surface area (Å²) in [7, 11) is 0. The molecule has 182 valence electrons. The number of carboxylic acid groups (broad SMARTS) is 1. The number of aliphatic carboxylic acids is 1. The average molecular weight is 461 g/mol. The van der Waals surface area contributed by atoms with Crippen molar-refractivity contribution in [3.63, 3.8) is 0 Å². The molecule has 2 aromatic carbocycles. The number of hydrogen-bond donors (Lipinski definition) is 3. The van der Waals surface area contributed by atoms with Crippen LogP contribution in [0.5, 0.6) is 5.75 Å². The summed E-state index contributed by atoms with van der Waals surface area (Å²) in [6.45, 7) is 6.35. The number of aromatic hydroxyl groups is 1. The van der Waals surface area contributed by atoms with Gasteiger partial charge in [0, 0.05) is 13.1 Å². The van der Waals surface area contributed by atoms with Gasteiger partial charge in [-0.15, -0.1) is 0 Å². The molecule has 0 radical (unpaired) electrons. The molecule has 0 bridgehead atoms. The van der Waals surface area contributed by atoms with E-state index in [-0.39, 0.29) is 40.5 Å². The number of phenolic OH excluding ortho intramolecular Hbond substituents is 1. The van der Waals surface area contributed by atoms with Crippen LogP contribution >= 0.6 is 0 Å². The van der Waals surface area contributed by atoms with E-state index in [1.807, 2.05) is 42.5 Å². The van der Waals surface area contributed by atoms with Crippen LogP contribution in [0.2, 0.25) is 0 Å². The van der Waals surface area contributed by atoms with E-state index in [0.717, 1.165) is 30.6 Å². The first-order chi connectivity index (χ1) is 14.8. The van der Waals surface area contributed by atoms with Crippen molar-refractivity contribution in [1.29, 1.82) is 0 Å². The Kier molecular flexibility index (Phi) is 10.5. The molecule has 0 unspecified atom stereocenters. The van der Waals surface area contributed by atoms with Crippen LogP contribution in [-0.4, -0.2) is 64.1 Å². The highest BCUT2D eigenvalue weighted by molar-refractivity contribution is 5.83. The summed E-state index contributed by atoms with van der Waals surface area (Å²) in [4.78, 5) is 26.0. The molecular formula is C25H36N2O6. The van der Waals surface area contributed by atoms with Crippen LogP contribution in [0.4, 0.5) is 0 Å². The summed E-state index contributed by atoms with van der Waals surface area (Å²) in [6, 6.07) is 17.3. The number of phenols is 1. The van der Waals surface area contributed by atoms with Gasteiger partial charge < -0.3 is 31.4 Å². The van der Waals surface area contributed by atoms with Crippen molar-refractivity contribution in [3.8, 4) is 5.75 Å². The second-order valence-corrected chi connectivity index (χ2v) is 8.88. The molecule has 1 aliphatic heterocycles. The minimum Gasteiger partial charge on any atom is -0.508 e. The Morgan fingerprint density at radius 3 is 2.45 bits per heavy atom. The van der Waals surface area contributed by atoms with Gasteiger partial charge in [-0.2, -0.15) is 0 Å². The van der Waals surface area contributed by atoms with Crippen molar-refractivity contribution in [2.24, 2.45) is 11.8 Å². The Hall–Kier alpha value is -2.94. The summed E-state index contributed by atoms with van der Waals surface area (Å²) in [5.74, 6) is -0.964. The van der Waals surface area contributed by atoms with E-state index in [2.05, 4.69) is 30.1 Å². The van der Waals surface area contributed by atoms with Gasteiger partial charge in [0.25, 0.3) is 0 Å². The lowest BCUT2D eigenvalue weighted by atomic mass is 9.68. The van der Waals surface area contributed by atoms with Crippen molar-refractivity contribution in [2.75, 3.05) is 26.2 Å². The number of piperidine rings is 1. The first kappa shape index (κ1) is 28.1. The molecule has 8 nitrogen and oxygen atoms in total. The SMILES string of the molecule is C[C@H]1CN(C[C@H](Cc2ccccc2)C(=O)NCC(=O)O)CC[C@]1(C)c1cccc(O)c1.O.O. The standard InChI is InChI=1S/C25H32N2O4.2H2O/c1-18-16-27(12-11-25(18,2)21-9-6-10-22(28)14-21)17-20(24(31)26-15-23(29)30)13-19-7-4-3-5-8-19;;/h3-10,14,18,20,28H,11-13,15-17H2,1-2H3,(H,26,31)(H,29,30);2*1H2/t18-,20-,25-;;/m0../s1. The molecule has 1 saturated heterocycles. The van der Waals surface area contributed by atoms with Gasteiger partial charge in [0.2, 0.25) is 5.91 Å². The number of amides is 1. The average Bonchev–Trinajstić information content (AvgIpc) is 2.75. The molecule has 8 heteroatoms. The van der Waals surface area contributed by atoms with Crippen LogP contribution in [0, 0.1) is 11.8 Å². The number of carbonyl (C=O) groups excluding carboxylic acids is 1. The highest BCUT2D eigenvalue weighted by Crippen LogP contribution is 2.40. The molecule has 1 aliphatic rings. The normalized spacial score (nSPS) is 21.2. The largest absolute Gasteiger partial charge is 0.508 e. The van der Waals surface area contributed by atoms with Crippen LogP contribution in [-0.2, 0) is 21.4 Å². The van der Waals surface area contributed by atoms with Gasteiger partial charge in [-0.25, -0.2) is 0 Å². The summed E-state index contributed by atoms with van der Waals surface area (Å²) in [5.41, 5.74) is 2.16. The predicted molar refractivity (Wildman–Crippen MR) is 127 cm³/mol. The zero-order valence-corrected chi connectivity index (χ0v) is 19.3. The maximum absolute atomic E-state index is 12.8. The molecule has 0 aliphatic carbocycles. The number of hydrogen-bond acceptors (Lipinski definition) is 4. The lowest BCUT2D eigenvalue weighted by molar-refractivity contribution is -0.138. The number of rotatable bonds is 8. The van der Waals surface area contributed by atoms with Crippen molar-refractivity contribution < 1.29 is 30.8 Å². The Balaban J connectivity index is 0.00000272. The molecule has 0 aromatic heterocycles. The van der Waals surface area contributed by atoms with Gasteiger partial charge in [-0.05, 0) is 54.0 Å². The molecule has 1 fully saturated rings. The van der Waals surface area contributed by atoms with Crippen LogP contribution in [0.1, 0.15) is 31.4 Å². The maximum Gasteiger partial charge on any atom is 0.322 e. The number of carboxylic acids is 1. The van der Waals surface area contributed by atoms with Gasteiger partial charge in [-0.1, -0.05) is 56.3 Å². The summed E-state index contributed by atoms with van der Waals surface area (Å²) in [6.07, 6.45) is 1.49. The van der Waals surface area contributed by atoms with Crippen LogP contribution in [0.3, 0.4) is 0 Å². The molecule has 0 spiro atoms. The van der Waals surface area contributed by atoms with Crippen molar-refractivity contribution >= 4 is 11.9 Å². The highest BCUT2D eigenvalue weighted by Gasteiger charge is 2.39. The second-order valence-electron chi connectivity index (χ2n) is 8.88. The van der Waals surface area contributed by atoms with Crippen molar-refractivity contribution in [1.82, 2.24) is 10.2 Å². The Labute approximate surface area is 194 Å². The molecule has 33 heavy (non-hydrogen) atoms. The third-order valence-electron chi connectivity index (χ3n) is 6.66. The van der Waals surface area contributed by atoms with Crippen LogP contribution in [0.25, 0.3) is 0 Å². The quantitative estimate of drug-likeness (QED) is 0.543. The molecular weight excluding hydrogens is 424 g/mol. The van der Waals surface area contributed by atoms with Crippen LogP contribution < -0.4 is 5.32 Å². The van der Waals surface area contributed by atoms with Crippen molar-refractivity contribution in [3.05, 3.63) is 65.7 Å². The number of carbonyl (C=O) groups is 2. The number of benzene rings is 2. The minimum absolute atomic E-state index is 0. The van der Waals surface area contributed by atoms with Crippen molar-refractivity contribution in [2.45, 2.75) is 32.1 Å². The molecule has 0 saturated carbocycles. The van der Waals surface area contributed by atoms with Gasteiger partial charge >= 0.3 is 5.97 Å². The number of likely N-dealkylation sites (tertiary alicyclic amines) is 1. The van der Waals surface area contributed by atoms with Gasteiger partial charge in [0.05, 0.1) is 5.92 Å². The number of nitrogens with one attached hydrogen (secondary N) is 1.